The Morgan fingerprint density at radius 3 is 2.93 bits per heavy atom. The topological polar surface area (TPSA) is 54.0 Å². The Morgan fingerprint density at radius 2 is 2.27 bits per heavy atom. The van der Waals surface area contributed by atoms with Gasteiger partial charge in [0.1, 0.15) is 0 Å². The highest BCUT2D eigenvalue weighted by molar-refractivity contribution is 5.75. The standard InChI is InChI=1S/C11H17N3O/c1-12-14-11(15)8-3-2-6-10-7-4-5-9-13-10/h4-5,7,9,12H,2-3,6,8H2,1H3,(H,14,15). The van der Waals surface area contributed by atoms with Crippen LogP contribution in [0, 0.1) is 0 Å². The second-order valence-electron chi connectivity index (χ2n) is 3.33. The van der Waals surface area contributed by atoms with E-state index in [9.17, 15) is 4.79 Å². The minimum Gasteiger partial charge on any atom is -0.292 e. The van der Waals surface area contributed by atoms with Crippen molar-refractivity contribution in [1.29, 1.82) is 0 Å². The van der Waals surface area contributed by atoms with Crippen molar-refractivity contribution in [3.05, 3.63) is 30.1 Å². The van der Waals surface area contributed by atoms with Gasteiger partial charge in [-0.25, -0.2) is 5.43 Å². The molecule has 0 aromatic carbocycles. The molecule has 1 aromatic heterocycles. The molecule has 0 radical (unpaired) electrons. The van der Waals surface area contributed by atoms with Crippen LogP contribution in [0.2, 0.25) is 0 Å². The molecule has 4 nitrogen and oxygen atoms in total. The first kappa shape index (κ1) is 11.7. The summed E-state index contributed by atoms with van der Waals surface area (Å²) in [6, 6.07) is 5.90. The van der Waals surface area contributed by atoms with Gasteiger partial charge in [0.05, 0.1) is 0 Å². The molecule has 4 heteroatoms. The molecular weight excluding hydrogens is 190 g/mol. The molecule has 0 aliphatic rings. The quantitative estimate of drug-likeness (QED) is 0.541. The summed E-state index contributed by atoms with van der Waals surface area (Å²) in [5, 5.41) is 0. The van der Waals surface area contributed by atoms with Gasteiger partial charge >= 0.3 is 0 Å². The normalized spacial score (nSPS) is 9.93. The lowest BCUT2D eigenvalue weighted by molar-refractivity contribution is -0.122. The number of amides is 1. The summed E-state index contributed by atoms with van der Waals surface area (Å²) in [6.07, 6.45) is 5.18. The number of hydrazine groups is 1. The average Bonchev–Trinajstić information content (AvgIpc) is 2.26. The molecular formula is C11H17N3O. The van der Waals surface area contributed by atoms with Crippen LogP contribution in [0.15, 0.2) is 24.4 Å². The van der Waals surface area contributed by atoms with E-state index >= 15 is 0 Å². The predicted octanol–water partition coefficient (Wildman–Crippen LogP) is 1.04. The Labute approximate surface area is 90.1 Å². The molecule has 0 aliphatic carbocycles. The highest BCUT2D eigenvalue weighted by Gasteiger charge is 1.99. The van der Waals surface area contributed by atoms with Crippen LogP contribution in [-0.4, -0.2) is 17.9 Å². The van der Waals surface area contributed by atoms with Gasteiger partial charge in [-0.2, -0.15) is 0 Å². The van der Waals surface area contributed by atoms with E-state index in [-0.39, 0.29) is 5.91 Å². The van der Waals surface area contributed by atoms with Crippen molar-refractivity contribution in [2.24, 2.45) is 0 Å². The smallest absolute Gasteiger partial charge is 0.234 e. The number of carbonyl (C=O) groups excluding carboxylic acids is 1. The van der Waals surface area contributed by atoms with E-state index in [4.69, 9.17) is 0 Å². The number of aromatic nitrogens is 1. The maximum Gasteiger partial charge on any atom is 0.234 e. The molecule has 15 heavy (non-hydrogen) atoms. The van der Waals surface area contributed by atoms with E-state index in [2.05, 4.69) is 15.8 Å². The zero-order valence-electron chi connectivity index (χ0n) is 8.99. The van der Waals surface area contributed by atoms with Gasteiger partial charge in [0.15, 0.2) is 0 Å². The molecule has 1 heterocycles. The third kappa shape index (κ3) is 5.12. The summed E-state index contributed by atoms with van der Waals surface area (Å²) in [5.41, 5.74) is 6.24. The Bertz CT molecular complexity index is 287. The van der Waals surface area contributed by atoms with Crippen molar-refractivity contribution in [1.82, 2.24) is 15.8 Å². The minimum absolute atomic E-state index is 0.0403. The SMILES string of the molecule is CNNC(=O)CCCCc1ccccn1. The van der Waals surface area contributed by atoms with Gasteiger partial charge in [-0.1, -0.05) is 6.07 Å². The van der Waals surface area contributed by atoms with E-state index in [1.807, 2.05) is 18.2 Å². The molecule has 0 atom stereocenters. The van der Waals surface area contributed by atoms with Crippen LogP contribution in [0.1, 0.15) is 25.0 Å². The summed E-state index contributed by atoms with van der Waals surface area (Å²) in [5.74, 6) is 0.0403. The minimum atomic E-state index is 0.0403. The van der Waals surface area contributed by atoms with E-state index in [1.165, 1.54) is 0 Å². The van der Waals surface area contributed by atoms with Gasteiger partial charge in [0.25, 0.3) is 0 Å². The van der Waals surface area contributed by atoms with E-state index < -0.39 is 0 Å². The van der Waals surface area contributed by atoms with Crippen molar-refractivity contribution in [2.75, 3.05) is 7.05 Å². The number of unbranched alkanes of at least 4 members (excludes halogenated alkanes) is 1. The lowest BCUT2D eigenvalue weighted by atomic mass is 10.1. The summed E-state index contributed by atoms with van der Waals surface area (Å²) in [6.45, 7) is 0. The number of pyridine rings is 1. The summed E-state index contributed by atoms with van der Waals surface area (Å²) in [4.78, 5) is 15.3. The van der Waals surface area contributed by atoms with Crippen molar-refractivity contribution >= 4 is 5.91 Å². The van der Waals surface area contributed by atoms with Gasteiger partial charge in [-0.15, -0.1) is 0 Å². The predicted molar refractivity (Wildman–Crippen MR) is 59.0 cm³/mol. The van der Waals surface area contributed by atoms with Crippen LogP contribution in [-0.2, 0) is 11.2 Å². The number of rotatable bonds is 6. The lowest BCUT2D eigenvalue weighted by Gasteiger charge is -2.02. The fourth-order valence-electron chi connectivity index (χ4n) is 1.34. The Balaban J connectivity index is 2.10. The molecule has 0 fully saturated rings. The van der Waals surface area contributed by atoms with Crippen molar-refractivity contribution in [3.63, 3.8) is 0 Å². The average molecular weight is 207 g/mol. The third-order valence-corrected chi connectivity index (χ3v) is 2.08. The number of hydrogen-bond donors (Lipinski definition) is 2. The summed E-state index contributed by atoms with van der Waals surface area (Å²) < 4.78 is 0. The fraction of sp³-hybridized carbons (Fsp3) is 0.455. The second-order valence-corrected chi connectivity index (χ2v) is 3.33. The Kier molecular flexibility index (Phi) is 5.40. The van der Waals surface area contributed by atoms with E-state index in [1.54, 1.807) is 13.2 Å². The van der Waals surface area contributed by atoms with Crippen molar-refractivity contribution in [2.45, 2.75) is 25.7 Å². The molecule has 0 spiro atoms. The van der Waals surface area contributed by atoms with Crippen LogP contribution < -0.4 is 10.9 Å². The Morgan fingerprint density at radius 1 is 1.40 bits per heavy atom. The first-order valence-electron chi connectivity index (χ1n) is 5.18. The first-order chi connectivity index (χ1) is 7.33. The van der Waals surface area contributed by atoms with E-state index in [0.29, 0.717) is 6.42 Å². The van der Waals surface area contributed by atoms with E-state index in [0.717, 1.165) is 25.0 Å². The molecule has 82 valence electrons. The van der Waals surface area contributed by atoms with Crippen LogP contribution in [0.25, 0.3) is 0 Å². The summed E-state index contributed by atoms with van der Waals surface area (Å²) in [7, 11) is 1.69. The molecule has 0 aliphatic heterocycles. The van der Waals surface area contributed by atoms with Crippen molar-refractivity contribution in [3.8, 4) is 0 Å². The zero-order chi connectivity index (χ0) is 10.9. The first-order valence-corrected chi connectivity index (χ1v) is 5.18. The maximum atomic E-state index is 11.1. The molecule has 1 aromatic rings. The monoisotopic (exact) mass is 207 g/mol. The molecule has 2 N–H and O–H groups in total. The molecule has 0 saturated carbocycles. The third-order valence-electron chi connectivity index (χ3n) is 2.08. The molecule has 0 unspecified atom stereocenters. The molecule has 0 saturated heterocycles. The highest BCUT2D eigenvalue weighted by Crippen LogP contribution is 2.03. The number of carbonyl (C=O) groups is 1. The van der Waals surface area contributed by atoms with Gasteiger partial charge in [-0.05, 0) is 31.4 Å². The summed E-state index contributed by atoms with van der Waals surface area (Å²) >= 11 is 0. The Hall–Kier alpha value is -1.42. The second kappa shape index (κ2) is 6.95. The largest absolute Gasteiger partial charge is 0.292 e. The van der Waals surface area contributed by atoms with Crippen LogP contribution in [0.5, 0.6) is 0 Å². The number of nitrogens with zero attached hydrogens (tertiary/aromatic N) is 1. The number of hydrogen-bond acceptors (Lipinski definition) is 3. The van der Waals surface area contributed by atoms with Crippen LogP contribution in [0.3, 0.4) is 0 Å². The zero-order valence-corrected chi connectivity index (χ0v) is 8.99. The molecule has 1 rings (SSSR count). The van der Waals surface area contributed by atoms with Gasteiger partial charge in [0.2, 0.25) is 5.91 Å². The number of aryl methyl sites for hydroxylation is 1. The van der Waals surface area contributed by atoms with Gasteiger partial charge < -0.3 is 0 Å². The fourth-order valence-corrected chi connectivity index (χ4v) is 1.34. The van der Waals surface area contributed by atoms with Crippen LogP contribution >= 0.6 is 0 Å². The highest BCUT2D eigenvalue weighted by atomic mass is 16.2. The molecule has 1 amide bonds. The maximum absolute atomic E-state index is 11.1. The number of nitrogens with one attached hydrogen (secondary N) is 2. The van der Waals surface area contributed by atoms with Gasteiger partial charge in [0, 0.05) is 25.4 Å². The van der Waals surface area contributed by atoms with Gasteiger partial charge in [-0.3, -0.25) is 15.2 Å². The lowest BCUT2D eigenvalue weighted by Crippen LogP contribution is -2.33. The molecule has 0 bridgehead atoms. The van der Waals surface area contributed by atoms with Crippen molar-refractivity contribution < 1.29 is 4.79 Å². The van der Waals surface area contributed by atoms with Crippen LogP contribution in [0.4, 0.5) is 0 Å².